The van der Waals surface area contributed by atoms with E-state index in [0.717, 1.165) is 0 Å². The van der Waals surface area contributed by atoms with Crippen molar-refractivity contribution in [1.29, 1.82) is 0 Å². The van der Waals surface area contributed by atoms with Gasteiger partial charge in [0, 0.05) is 13.1 Å². The van der Waals surface area contributed by atoms with Crippen molar-refractivity contribution < 1.29 is 8.42 Å². The number of anilines is 1. The lowest BCUT2D eigenvalue weighted by Crippen LogP contribution is -2.32. The molecule has 0 aromatic heterocycles. The first-order valence-electron chi connectivity index (χ1n) is 6.35. The summed E-state index contributed by atoms with van der Waals surface area (Å²) in [7, 11) is -3.46. The number of benzene rings is 1. The minimum atomic E-state index is -3.46. The van der Waals surface area contributed by atoms with Gasteiger partial charge < -0.3 is 11.1 Å². The molecule has 0 radical (unpaired) electrons. The molecule has 1 aromatic rings. The van der Waals surface area contributed by atoms with Crippen LogP contribution in [0.4, 0.5) is 5.69 Å². The zero-order valence-electron chi connectivity index (χ0n) is 11.7. The number of nitrogens with one attached hydrogen (secondary N) is 2. The SMILES string of the molecule is CCNS(=O)(=O)c1ccccc1NCC(C)(C)CN. The van der Waals surface area contributed by atoms with Gasteiger partial charge in [-0.1, -0.05) is 32.9 Å². The first kappa shape index (κ1) is 15.9. The van der Waals surface area contributed by atoms with Crippen LogP contribution in [-0.2, 0) is 10.0 Å². The van der Waals surface area contributed by atoms with E-state index in [2.05, 4.69) is 10.0 Å². The third-order valence-electron chi connectivity index (χ3n) is 2.82. The van der Waals surface area contributed by atoms with Crippen molar-refractivity contribution in [3.63, 3.8) is 0 Å². The minimum Gasteiger partial charge on any atom is -0.383 e. The van der Waals surface area contributed by atoms with Gasteiger partial charge in [0.25, 0.3) is 0 Å². The first-order valence-corrected chi connectivity index (χ1v) is 7.83. The Kier molecular flexibility index (Phi) is 5.34. The molecule has 1 rings (SSSR count). The lowest BCUT2D eigenvalue weighted by Gasteiger charge is -2.24. The fourth-order valence-corrected chi connectivity index (χ4v) is 2.74. The molecule has 0 saturated heterocycles. The van der Waals surface area contributed by atoms with Crippen LogP contribution in [0.3, 0.4) is 0 Å². The van der Waals surface area contributed by atoms with Crippen LogP contribution in [0.1, 0.15) is 20.8 Å². The molecule has 0 bridgehead atoms. The third kappa shape index (κ3) is 4.49. The van der Waals surface area contributed by atoms with E-state index in [9.17, 15) is 8.42 Å². The zero-order chi connectivity index (χ0) is 14.5. The van der Waals surface area contributed by atoms with Crippen molar-refractivity contribution >= 4 is 15.7 Å². The number of rotatable bonds is 7. The van der Waals surface area contributed by atoms with Crippen LogP contribution in [0.25, 0.3) is 0 Å². The van der Waals surface area contributed by atoms with E-state index in [1.807, 2.05) is 19.9 Å². The quantitative estimate of drug-likeness (QED) is 0.706. The van der Waals surface area contributed by atoms with Gasteiger partial charge in [-0.2, -0.15) is 0 Å². The molecule has 0 spiro atoms. The maximum Gasteiger partial charge on any atom is 0.242 e. The van der Waals surface area contributed by atoms with Crippen LogP contribution in [-0.4, -0.2) is 28.1 Å². The fourth-order valence-electron chi connectivity index (χ4n) is 1.52. The summed E-state index contributed by atoms with van der Waals surface area (Å²) in [4.78, 5) is 0.268. The molecule has 108 valence electrons. The summed E-state index contributed by atoms with van der Waals surface area (Å²) in [5, 5.41) is 3.17. The molecule has 0 aliphatic carbocycles. The van der Waals surface area contributed by atoms with Crippen molar-refractivity contribution in [2.75, 3.05) is 25.0 Å². The molecule has 4 N–H and O–H groups in total. The number of hydrogen-bond donors (Lipinski definition) is 3. The monoisotopic (exact) mass is 285 g/mol. The van der Waals surface area contributed by atoms with E-state index in [-0.39, 0.29) is 10.3 Å². The fraction of sp³-hybridized carbons (Fsp3) is 0.538. The second-order valence-electron chi connectivity index (χ2n) is 5.22. The van der Waals surface area contributed by atoms with Gasteiger partial charge in [-0.15, -0.1) is 0 Å². The average Bonchev–Trinajstić information content (AvgIpc) is 2.37. The molecule has 0 saturated carbocycles. The Balaban J connectivity index is 2.97. The normalized spacial score (nSPS) is 12.4. The maximum atomic E-state index is 12.1. The molecule has 0 heterocycles. The summed E-state index contributed by atoms with van der Waals surface area (Å²) in [6.07, 6.45) is 0. The topological polar surface area (TPSA) is 84.2 Å². The van der Waals surface area contributed by atoms with E-state index < -0.39 is 10.0 Å². The summed E-state index contributed by atoms with van der Waals surface area (Å²) in [6, 6.07) is 6.87. The Morgan fingerprint density at radius 2 is 1.89 bits per heavy atom. The summed E-state index contributed by atoms with van der Waals surface area (Å²) >= 11 is 0. The number of nitrogens with two attached hydrogens (primary N) is 1. The summed E-state index contributed by atoms with van der Waals surface area (Å²) in [5.74, 6) is 0. The molecule has 0 unspecified atom stereocenters. The zero-order valence-corrected chi connectivity index (χ0v) is 12.5. The van der Waals surface area contributed by atoms with Gasteiger partial charge in [-0.05, 0) is 24.1 Å². The van der Waals surface area contributed by atoms with Gasteiger partial charge >= 0.3 is 0 Å². The van der Waals surface area contributed by atoms with E-state index in [0.29, 0.717) is 25.3 Å². The molecule has 1 aromatic carbocycles. The van der Waals surface area contributed by atoms with Gasteiger partial charge in [0.15, 0.2) is 0 Å². The van der Waals surface area contributed by atoms with Crippen LogP contribution in [0.2, 0.25) is 0 Å². The van der Waals surface area contributed by atoms with E-state index in [1.54, 1.807) is 25.1 Å². The molecule has 0 fully saturated rings. The Labute approximate surface area is 115 Å². The van der Waals surface area contributed by atoms with Crippen LogP contribution < -0.4 is 15.8 Å². The van der Waals surface area contributed by atoms with Gasteiger partial charge in [0.2, 0.25) is 10.0 Å². The number of hydrogen-bond acceptors (Lipinski definition) is 4. The van der Waals surface area contributed by atoms with Crippen molar-refractivity contribution in [1.82, 2.24) is 4.72 Å². The predicted molar refractivity (Wildman–Crippen MR) is 78.6 cm³/mol. The molecular weight excluding hydrogens is 262 g/mol. The summed E-state index contributed by atoms with van der Waals surface area (Å²) < 4.78 is 26.6. The third-order valence-corrected chi connectivity index (χ3v) is 4.42. The smallest absolute Gasteiger partial charge is 0.242 e. The average molecular weight is 285 g/mol. The first-order chi connectivity index (χ1) is 8.82. The van der Waals surface area contributed by atoms with Gasteiger partial charge in [-0.25, -0.2) is 13.1 Å². The molecule has 0 atom stereocenters. The van der Waals surface area contributed by atoms with Crippen molar-refractivity contribution in [2.24, 2.45) is 11.1 Å². The Morgan fingerprint density at radius 3 is 2.47 bits per heavy atom. The largest absolute Gasteiger partial charge is 0.383 e. The van der Waals surface area contributed by atoms with Gasteiger partial charge in [0.1, 0.15) is 4.90 Å². The van der Waals surface area contributed by atoms with E-state index >= 15 is 0 Å². The van der Waals surface area contributed by atoms with Crippen LogP contribution in [0.15, 0.2) is 29.2 Å². The highest BCUT2D eigenvalue weighted by Gasteiger charge is 2.19. The second-order valence-corrected chi connectivity index (χ2v) is 6.95. The predicted octanol–water partition coefficient (Wildman–Crippen LogP) is 1.38. The second kappa shape index (κ2) is 6.36. The highest BCUT2D eigenvalue weighted by Crippen LogP contribution is 2.22. The summed E-state index contributed by atoms with van der Waals surface area (Å²) in [5.41, 5.74) is 6.18. The van der Waals surface area contributed by atoms with E-state index in [1.165, 1.54) is 0 Å². The number of sulfonamides is 1. The Morgan fingerprint density at radius 1 is 1.26 bits per heavy atom. The van der Waals surface area contributed by atoms with Gasteiger partial charge in [0.05, 0.1) is 5.69 Å². The molecule has 0 amide bonds. The highest BCUT2D eigenvalue weighted by atomic mass is 32.2. The van der Waals surface area contributed by atoms with Crippen LogP contribution in [0.5, 0.6) is 0 Å². The van der Waals surface area contributed by atoms with Crippen molar-refractivity contribution in [3.05, 3.63) is 24.3 Å². The molecule has 0 aliphatic heterocycles. The lowest BCUT2D eigenvalue weighted by molar-refractivity contribution is 0.405. The molecule has 6 heteroatoms. The minimum absolute atomic E-state index is 0.0882. The molecule has 19 heavy (non-hydrogen) atoms. The van der Waals surface area contributed by atoms with Crippen molar-refractivity contribution in [2.45, 2.75) is 25.7 Å². The summed E-state index contributed by atoms with van der Waals surface area (Å²) in [6.45, 7) is 7.32. The lowest BCUT2D eigenvalue weighted by atomic mass is 9.94. The highest BCUT2D eigenvalue weighted by molar-refractivity contribution is 7.89. The maximum absolute atomic E-state index is 12.1. The standard InChI is InChI=1S/C13H23N3O2S/c1-4-16-19(17,18)12-8-6-5-7-11(12)15-10-13(2,3)9-14/h5-8,15-16H,4,9-10,14H2,1-3H3. The van der Waals surface area contributed by atoms with Crippen LogP contribution in [0, 0.1) is 5.41 Å². The molecule has 5 nitrogen and oxygen atoms in total. The van der Waals surface area contributed by atoms with Crippen molar-refractivity contribution in [3.8, 4) is 0 Å². The number of para-hydroxylation sites is 1. The Hall–Kier alpha value is -1.11. The van der Waals surface area contributed by atoms with Gasteiger partial charge in [-0.3, -0.25) is 0 Å². The molecule has 0 aliphatic rings. The van der Waals surface area contributed by atoms with Crippen LogP contribution >= 0.6 is 0 Å². The van der Waals surface area contributed by atoms with E-state index in [4.69, 9.17) is 5.73 Å². The Bertz CT molecular complexity index is 512. The molecular formula is C13H23N3O2S.